The molecule has 0 spiro atoms. The van der Waals surface area contributed by atoms with Crippen molar-refractivity contribution in [3.63, 3.8) is 0 Å². The van der Waals surface area contributed by atoms with Crippen LogP contribution in [0.1, 0.15) is 24.8 Å². The predicted octanol–water partition coefficient (Wildman–Crippen LogP) is 2.94. The Morgan fingerprint density at radius 3 is 2.29 bits per heavy atom. The molecule has 1 atom stereocenters. The first-order valence-electron chi connectivity index (χ1n) is 11.6. The zero-order valence-corrected chi connectivity index (χ0v) is 20.4. The molecule has 9 nitrogen and oxygen atoms in total. The summed E-state index contributed by atoms with van der Waals surface area (Å²) in [7, 11) is 1.98. The molecule has 1 unspecified atom stereocenters. The van der Waals surface area contributed by atoms with Crippen molar-refractivity contribution in [1.82, 2.24) is 9.80 Å². The van der Waals surface area contributed by atoms with Crippen molar-refractivity contribution in [2.45, 2.75) is 25.3 Å². The normalized spacial score (nSPS) is 16.1. The van der Waals surface area contributed by atoms with Gasteiger partial charge in [-0.05, 0) is 61.4 Å². The molecule has 1 fully saturated rings. The molecule has 3 N–H and O–H groups in total. The molecule has 0 radical (unpaired) electrons. The van der Waals surface area contributed by atoms with Gasteiger partial charge in [-0.2, -0.15) is 0 Å². The average molecular weight is 497 g/mol. The zero-order chi connectivity index (χ0) is 24.9. The van der Waals surface area contributed by atoms with Crippen LogP contribution in [-0.2, 0) is 9.59 Å². The summed E-state index contributed by atoms with van der Waals surface area (Å²) in [6.07, 6.45) is 1.66. The number of primary amides is 1. The van der Waals surface area contributed by atoms with Gasteiger partial charge in [-0.3, -0.25) is 19.5 Å². The standard InChI is InChI=1S/C25H29ClN6O3/c1-30-15-12-28-23(30)17-4-8-19(9-5-17)29-24(34)21(16-22(33)31-13-2-3-14-31)32(25(27)35)20-10-6-18(26)7-11-20/h4-11,21H,2-3,12-16H2,1H3,(H2,27,35)(H,29,34). The number of hydrogen-bond acceptors (Lipinski definition) is 5. The fraction of sp³-hybridized carbons (Fsp3) is 0.360. The van der Waals surface area contributed by atoms with Crippen LogP contribution in [-0.4, -0.2) is 72.7 Å². The van der Waals surface area contributed by atoms with Crippen molar-refractivity contribution in [2.24, 2.45) is 10.7 Å². The van der Waals surface area contributed by atoms with Gasteiger partial charge in [0.15, 0.2) is 0 Å². The van der Waals surface area contributed by atoms with Crippen LogP contribution in [0.3, 0.4) is 0 Å². The monoisotopic (exact) mass is 496 g/mol. The number of rotatable bonds is 7. The summed E-state index contributed by atoms with van der Waals surface area (Å²) in [6.45, 7) is 2.91. The maximum Gasteiger partial charge on any atom is 0.320 e. The Morgan fingerprint density at radius 1 is 1.06 bits per heavy atom. The summed E-state index contributed by atoms with van der Waals surface area (Å²) < 4.78 is 0. The van der Waals surface area contributed by atoms with E-state index in [1.165, 1.54) is 0 Å². The molecule has 1 saturated heterocycles. The number of likely N-dealkylation sites (N-methyl/N-ethyl adjacent to an activating group) is 1. The van der Waals surface area contributed by atoms with Crippen LogP contribution in [0.25, 0.3) is 0 Å². The van der Waals surface area contributed by atoms with E-state index in [1.807, 2.05) is 19.2 Å². The lowest BCUT2D eigenvalue weighted by atomic mass is 10.1. The lowest BCUT2D eigenvalue weighted by Crippen LogP contribution is -2.52. The molecular weight excluding hydrogens is 468 g/mol. The van der Waals surface area contributed by atoms with E-state index in [9.17, 15) is 14.4 Å². The number of amidine groups is 1. The number of hydrogen-bond donors (Lipinski definition) is 2. The Kier molecular flexibility index (Phi) is 7.55. The first kappa shape index (κ1) is 24.5. The molecule has 0 bridgehead atoms. The molecule has 4 rings (SSSR count). The van der Waals surface area contributed by atoms with Crippen LogP contribution in [0.2, 0.25) is 5.02 Å². The first-order chi connectivity index (χ1) is 16.8. The van der Waals surface area contributed by atoms with Gasteiger partial charge in [-0.15, -0.1) is 0 Å². The predicted molar refractivity (Wildman–Crippen MR) is 137 cm³/mol. The lowest BCUT2D eigenvalue weighted by Gasteiger charge is -2.30. The molecule has 0 aliphatic carbocycles. The number of aliphatic imine (C=N–C) groups is 1. The molecule has 35 heavy (non-hydrogen) atoms. The number of anilines is 2. The summed E-state index contributed by atoms with van der Waals surface area (Å²) >= 11 is 6.00. The number of likely N-dealkylation sites (tertiary alicyclic amines) is 1. The molecule has 0 saturated carbocycles. The molecule has 4 amide bonds. The molecule has 2 aliphatic rings. The molecule has 2 aliphatic heterocycles. The molecule has 2 aromatic carbocycles. The Morgan fingerprint density at radius 2 is 1.71 bits per heavy atom. The minimum absolute atomic E-state index is 0.183. The van der Waals surface area contributed by atoms with Crippen molar-refractivity contribution in [3.05, 3.63) is 59.1 Å². The van der Waals surface area contributed by atoms with E-state index >= 15 is 0 Å². The largest absolute Gasteiger partial charge is 0.358 e. The summed E-state index contributed by atoms with van der Waals surface area (Å²) in [5, 5.41) is 3.32. The number of carbonyl (C=O) groups excluding carboxylic acids is 3. The topological polar surface area (TPSA) is 111 Å². The van der Waals surface area contributed by atoms with Gasteiger partial charge >= 0.3 is 6.03 Å². The third-order valence-corrected chi connectivity index (χ3v) is 6.50. The van der Waals surface area contributed by atoms with Crippen LogP contribution in [0.15, 0.2) is 53.5 Å². The van der Waals surface area contributed by atoms with Crippen LogP contribution >= 0.6 is 11.6 Å². The van der Waals surface area contributed by atoms with E-state index in [2.05, 4.69) is 15.2 Å². The van der Waals surface area contributed by atoms with Gasteiger partial charge < -0.3 is 20.9 Å². The number of nitrogens with one attached hydrogen (secondary N) is 1. The molecule has 10 heteroatoms. The second-order valence-electron chi connectivity index (χ2n) is 8.69. The van der Waals surface area contributed by atoms with Gasteiger partial charge in [-0.1, -0.05) is 11.6 Å². The van der Waals surface area contributed by atoms with E-state index in [1.54, 1.807) is 41.3 Å². The highest BCUT2D eigenvalue weighted by Gasteiger charge is 2.34. The highest BCUT2D eigenvalue weighted by atomic mass is 35.5. The molecule has 184 valence electrons. The molecule has 2 heterocycles. The van der Waals surface area contributed by atoms with Crippen LogP contribution < -0.4 is 16.0 Å². The summed E-state index contributed by atoms with van der Waals surface area (Å²) in [4.78, 5) is 48.4. The number of urea groups is 1. The molecule has 0 aromatic heterocycles. The third kappa shape index (κ3) is 5.74. The van der Waals surface area contributed by atoms with Crippen molar-refractivity contribution in [3.8, 4) is 0 Å². The van der Waals surface area contributed by atoms with Crippen molar-refractivity contribution < 1.29 is 14.4 Å². The fourth-order valence-corrected chi connectivity index (χ4v) is 4.52. The number of halogens is 1. The zero-order valence-electron chi connectivity index (χ0n) is 19.6. The summed E-state index contributed by atoms with van der Waals surface area (Å²) in [6, 6.07) is 11.7. The lowest BCUT2D eigenvalue weighted by molar-refractivity contribution is -0.132. The van der Waals surface area contributed by atoms with E-state index < -0.39 is 18.0 Å². The van der Waals surface area contributed by atoms with Gasteiger partial charge in [0, 0.05) is 48.6 Å². The minimum Gasteiger partial charge on any atom is -0.358 e. The number of amides is 4. The van der Waals surface area contributed by atoms with Gasteiger partial charge in [-0.25, -0.2) is 4.79 Å². The first-order valence-corrected chi connectivity index (χ1v) is 12.0. The van der Waals surface area contributed by atoms with Gasteiger partial charge in [0.1, 0.15) is 11.9 Å². The molecular formula is C25H29ClN6O3. The highest BCUT2D eigenvalue weighted by molar-refractivity contribution is 6.30. The van der Waals surface area contributed by atoms with Crippen molar-refractivity contribution in [1.29, 1.82) is 0 Å². The van der Waals surface area contributed by atoms with Gasteiger partial charge in [0.05, 0.1) is 13.0 Å². The number of nitrogens with zero attached hydrogens (tertiary/aromatic N) is 4. The average Bonchev–Trinajstić information content (AvgIpc) is 3.52. The van der Waals surface area contributed by atoms with Crippen molar-refractivity contribution in [2.75, 3.05) is 43.4 Å². The Bertz CT molecular complexity index is 1110. The van der Waals surface area contributed by atoms with E-state index in [4.69, 9.17) is 17.3 Å². The maximum absolute atomic E-state index is 13.5. The van der Waals surface area contributed by atoms with Crippen LogP contribution in [0.5, 0.6) is 0 Å². The van der Waals surface area contributed by atoms with Crippen molar-refractivity contribution >= 4 is 46.7 Å². The Balaban J connectivity index is 1.57. The number of carbonyl (C=O) groups is 3. The SMILES string of the molecule is CN1CCN=C1c1ccc(NC(=O)C(CC(=O)N2CCCC2)N(C(N)=O)c2ccc(Cl)cc2)cc1. The van der Waals surface area contributed by atoms with E-state index in [-0.39, 0.29) is 12.3 Å². The van der Waals surface area contributed by atoms with Gasteiger partial charge in [0.25, 0.3) is 0 Å². The summed E-state index contributed by atoms with van der Waals surface area (Å²) in [5.41, 5.74) is 7.57. The van der Waals surface area contributed by atoms with E-state index in [0.717, 1.165) is 42.2 Å². The number of nitrogens with two attached hydrogens (primary N) is 1. The van der Waals surface area contributed by atoms with Crippen LogP contribution in [0.4, 0.5) is 16.2 Å². The maximum atomic E-state index is 13.5. The number of benzene rings is 2. The second kappa shape index (κ2) is 10.8. The highest BCUT2D eigenvalue weighted by Crippen LogP contribution is 2.24. The smallest absolute Gasteiger partial charge is 0.320 e. The third-order valence-electron chi connectivity index (χ3n) is 6.25. The Hall–Kier alpha value is -3.59. The fourth-order valence-electron chi connectivity index (χ4n) is 4.40. The minimum atomic E-state index is -1.13. The quantitative estimate of drug-likeness (QED) is 0.613. The molecule has 2 aromatic rings. The van der Waals surface area contributed by atoms with E-state index in [0.29, 0.717) is 29.5 Å². The summed E-state index contributed by atoms with van der Waals surface area (Å²) in [5.74, 6) is 0.203. The van der Waals surface area contributed by atoms with Gasteiger partial charge in [0.2, 0.25) is 11.8 Å². The Labute approximate surface area is 209 Å². The van der Waals surface area contributed by atoms with Crippen LogP contribution in [0, 0.1) is 0 Å². The second-order valence-corrected chi connectivity index (χ2v) is 9.12.